The Morgan fingerprint density at radius 3 is 2.52 bits per heavy atom. The normalized spacial score (nSPS) is 17.4. The van der Waals surface area contributed by atoms with Crippen LogP contribution in [0.25, 0.3) is 0 Å². The van der Waals surface area contributed by atoms with E-state index in [0.29, 0.717) is 28.5 Å². The predicted molar refractivity (Wildman–Crippen MR) is 103 cm³/mol. The van der Waals surface area contributed by atoms with Crippen LogP contribution in [0.1, 0.15) is 32.4 Å². The van der Waals surface area contributed by atoms with Gasteiger partial charge in [0.1, 0.15) is 0 Å². The Hall–Kier alpha value is -2.06. The number of allylic oxidation sites excluding steroid dienone is 1. The molecule has 148 valence electrons. The summed E-state index contributed by atoms with van der Waals surface area (Å²) in [5.74, 6) is -2.45. The predicted octanol–water partition coefficient (Wildman–Crippen LogP) is 1.57. The van der Waals surface area contributed by atoms with E-state index in [1.165, 1.54) is 18.1 Å². The molecule has 0 radical (unpaired) electrons. The molecule has 0 saturated carbocycles. The highest BCUT2D eigenvalue weighted by atomic mass is 32.1. The molecule has 8 heteroatoms. The number of nitrogens with one attached hydrogen (secondary N) is 2. The number of ether oxygens (including phenoxy) is 1. The van der Waals surface area contributed by atoms with Crippen molar-refractivity contribution in [3.05, 3.63) is 46.7 Å². The third-order valence-electron chi connectivity index (χ3n) is 4.97. The Morgan fingerprint density at radius 1 is 1.30 bits per heavy atom. The highest BCUT2D eigenvalue weighted by molar-refractivity contribution is 7.80. The fourth-order valence-electron chi connectivity index (χ4n) is 3.24. The van der Waals surface area contributed by atoms with E-state index >= 15 is 0 Å². The minimum absolute atomic E-state index is 0.339. The first kappa shape index (κ1) is 21.2. The van der Waals surface area contributed by atoms with Gasteiger partial charge < -0.3 is 19.9 Å². The first-order valence-corrected chi connectivity index (χ1v) is 9.40. The number of methoxy groups -OCH3 is 1. The fraction of sp³-hybridized carbons (Fsp3) is 0.474. The number of hydrogen-bond acceptors (Lipinski definition) is 3. The molecule has 1 aromatic rings. The summed E-state index contributed by atoms with van der Waals surface area (Å²) in [5.41, 5.74) is 1.41. The van der Waals surface area contributed by atoms with Gasteiger partial charge in [0, 0.05) is 5.70 Å². The van der Waals surface area contributed by atoms with Crippen LogP contribution in [0.4, 0.5) is 8.78 Å². The van der Waals surface area contributed by atoms with Crippen LogP contribution < -0.4 is 10.2 Å². The molecule has 0 unspecified atom stereocenters. The van der Waals surface area contributed by atoms with Gasteiger partial charge in [-0.15, -0.1) is 0 Å². The lowest BCUT2D eigenvalue weighted by Gasteiger charge is -2.37. The molecule has 1 aromatic carbocycles. The largest absolute Gasteiger partial charge is 0.466 e. The molecule has 1 aliphatic rings. The summed E-state index contributed by atoms with van der Waals surface area (Å²) >= 11 is 5.49. The number of halogens is 2. The Balaban J connectivity index is 2.41. The Kier molecular flexibility index (Phi) is 7.26. The monoisotopic (exact) mass is 398 g/mol. The van der Waals surface area contributed by atoms with E-state index in [4.69, 9.17) is 17.0 Å². The molecule has 27 heavy (non-hydrogen) atoms. The van der Waals surface area contributed by atoms with Gasteiger partial charge in [0.05, 0.1) is 44.9 Å². The number of carbonyl (C=O) groups excluding carboxylic acids is 1. The summed E-state index contributed by atoms with van der Waals surface area (Å²) < 4.78 is 32.0. The van der Waals surface area contributed by atoms with Crippen LogP contribution in [0.2, 0.25) is 0 Å². The molecule has 0 amide bonds. The van der Waals surface area contributed by atoms with E-state index < -0.39 is 23.6 Å². The van der Waals surface area contributed by atoms with Gasteiger partial charge in [-0.1, -0.05) is 6.07 Å². The molecule has 2 N–H and O–H groups in total. The maximum Gasteiger partial charge on any atom is 0.337 e. The number of quaternary nitrogens is 1. The molecule has 0 fully saturated rings. The number of esters is 1. The molecular weight excluding hydrogens is 372 g/mol. The van der Waals surface area contributed by atoms with Gasteiger partial charge in [0.2, 0.25) is 0 Å². The van der Waals surface area contributed by atoms with Gasteiger partial charge in [-0.3, -0.25) is 0 Å². The molecule has 0 spiro atoms. The van der Waals surface area contributed by atoms with Gasteiger partial charge in [0.25, 0.3) is 0 Å². The second-order valence-electron chi connectivity index (χ2n) is 6.41. The third-order valence-corrected chi connectivity index (χ3v) is 5.31. The molecule has 0 aromatic heterocycles. The van der Waals surface area contributed by atoms with Gasteiger partial charge in [-0.05, 0) is 50.7 Å². The zero-order valence-electron chi connectivity index (χ0n) is 16.1. The van der Waals surface area contributed by atoms with Crippen LogP contribution >= 0.6 is 12.2 Å². The summed E-state index contributed by atoms with van der Waals surface area (Å²) in [5, 5.41) is 3.53. The lowest BCUT2D eigenvalue weighted by molar-refractivity contribution is -0.895. The fourth-order valence-corrected chi connectivity index (χ4v) is 3.59. The minimum Gasteiger partial charge on any atom is -0.466 e. The van der Waals surface area contributed by atoms with Crippen LogP contribution in [-0.2, 0) is 9.53 Å². The SMILES string of the molecule is CC[NH+](CC)CCN1C(=S)N[C@H](c2ccc(F)c(F)c2)C(C(=O)OC)=C1C. The van der Waals surface area contributed by atoms with E-state index in [-0.39, 0.29) is 0 Å². The van der Waals surface area contributed by atoms with Crippen molar-refractivity contribution in [1.29, 1.82) is 0 Å². The van der Waals surface area contributed by atoms with Crippen LogP contribution in [0.5, 0.6) is 0 Å². The molecule has 0 aliphatic carbocycles. The zero-order chi connectivity index (χ0) is 20.1. The average molecular weight is 398 g/mol. The minimum atomic E-state index is -0.977. The molecule has 1 atom stereocenters. The maximum atomic E-state index is 13.7. The smallest absolute Gasteiger partial charge is 0.337 e. The average Bonchev–Trinajstić information content (AvgIpc) is 2.65. The van der Waals surface area contributed by atoms with Crippen molar-refractivity contribution < 1.29 is 23.2 Å². The van der Waals surface area contributed by atoms with Crippen LogP contribution in [0.3, 0.4) is 0 Å². The second-order valence-corrected chi connectivity index (χ2v) is 6.79. The Bertz CT molecular complexity index is 750. The van der Waals surface area contributed by atoms with Crippen molar-refractivity contribution in [2.45, 2.75) is 26.8 Å². The van der Waals surface area contributed by atoms with E-state index in [0.717, 1.165) is 31.8 Å². The van der Waals surface area contributed by atoms with E-state index in [2.05, 4.69) is 19.2 Å². The molecule has 1 heterocycles. The van der Waals surface area contributed by atoms with E-state index in [9.17, 15) is 13.6 Å². The van der Waals surface area contributed by atoms with E-state index in [1.807, 2.05) is 4.90 Å². The molecule has 5 nitrogen and oxygen atoms in total. The van der Waals surface area contributed by atoms with Gasteiger partial charge in [-0.25, -0.2) is 13.6 Å². The Labute approximate surface area is 164 Å². The van der Waals surface area contributed by atoms with Crippen LogP contribution in [0.15, 0.2) is 29.5 Å². The van der Waals surface area contributed by atoms with Crippen molar-refractivity contribution in [2.75, 3.05) is 33.3 Å². The van der Waals surface area contributed by atoms with Crippen molar-refractivity contribution in [3.63, 3.8) is 0 Å². The number of rotatable bonds is 7. The lowest BCUT2D eigenvalue weighted by Crippen LogP contribution is -3.12. The highest BCUT2D eigenvalue weighted by Gasteiger charge is 2.35. The topological polar surface area (TPSA) is 46.0 Å². The number of thiocarbonyl (C=S) groups is 1. The van der Waals surface area contributed by atoms with Crippen molar-refractivity contribution in [2.24, 2.45) is 0 Å². The van der Waals surface area contributed by atoms with Gasteiger partial charge >= 0.3 is 5.97 Å². The maximum absolute atomic E-state index is 13.7. The first-order valence-electron chi connectivity index (χ1n) is 8.99. The number of benzene rings is 1. The summed E-state index contributed by atoms with van der Waals surface area (Å²) in [7, 11) is 1.29. The molecule has 0 bridgehead atoms. The van der Waals surface area contributed by atoms with Gasteiger partial charge in [-0.2, -0.15) is 0 Å². The number of likely N-dealkylation sites (N-methyl/N-ethyl adjacent to an activating group) is 1. The third kappa shape index (κ3) is 4.62. The standard InChI is InChI=1S/C19H25F2N3O2S/c1-5-23(6-2)9-10-24-12(3)16(18(25)26-4)17(22-19(24)27)13-7-8-14(20)15(21)11-13/h7-8,11,17H,5-6,9-10H2,1-4H3,(H,22,27)/p+1/t17-/m1/s1. The lowest BCUT2D eigenvalue weighted by atomic mass is 9.95. The summed E-state index contributed by atoms with van der Waals surface area (Å²) in [6, 6.07) is 2.85. The molecule has 1 aliphatic heterocycles. The first-order chi connectivity index (χ1) is 12.8. The van der Waals surface area contributed by atoms with Crippen molar-refractivity contribution in [1.82, 2.24) is 10.2 Å². The quantitative estimate of drug-likeness (QED) is 0.539. The second kappa shape index (κ2) is 9.23. The molecule has 0 saturated heterocycles. The molecular formula is C19H26F2N3O2S+. The van der Waals surface area contributed by atoms with E-state index in [1.54, 1.807) is 6.92 Å². The number of carbonyl (C=O) groups is 1. The Morgan fingerprint density at radius 2 is 1.96 bits per heavy atom. The number of nitrogens with zero attached hydrogens (tertiary/aromatic N) is 1. The number of hydrogen-bond donors (Lipinski definition) is 2. The summed E-state index contributed by atoms with van der Waals surface area (Å²) in [4.78, 5) is 15.7. The summed E-state index contributed by atoms with van der Waals surface area (Å²) in [6.07, 6.45) is 0. The van der Waals surface area contributed by atoms with Crippen molar-refractivity contribution >= 4 is 23.3 Å². The summed E-state index contributed by atoms with van der Waals surface area (Å²) in [6.45, 7) is 9.52. The zero-order valence-corrected chi connectivity index (χ0v) is 16.9. The van der Waals surface area contributed by atoms with Crippen molar-refractivity contribution in [3.8, 4) is 0 Å². The van der Waals surface area contributed by atoms with Crippen LogP contribution in [0, 0.1) is 11.6 Å². The highest BCUT2D eigenvalue weighted by Crippen LogP contribution is 2.31. The van der Waals surface area contributed by atoms with Gasteiger partial charge in [0.15, 0.2) is 16.7 Å². The van der Waals surface area contributed by atoms with Crippen LogP contribution in [-0.4, -0.2) is 49.3 Å². The molecule has 2 rings (SSSR count).